The SMILES string of the molecule is CCCCN(CCNC(=O)CC(C)C)C(=O)CC(C)C.[HH]. The van der Waals surface area contributed by atoms with Gasteiger partial charge in [-0.25, -0.2) is 0 Å². The average Bonchev–Trinajstić information content (AvgIpc) is 2.31. The predicted molar refractivity (Wildman–Crippen MR) is 85.5 cm³/mol. The van der Waals surface area contributed by atoms with Crippen LogP contribution in [0.3, 0.4) is 0 Å². The molecule has 0 atom stereocenters. The molecular weight excluding hydrogens is 252 g/mol. The van der Waals surface area contributed by atoms with Crippen LogP contribution in [-0.4, -0.2) is 36.3 Å². The van der Waals surface area contributed by atoms with E-state index in [0.29, 0.717) is 37.8 Å². The monoisotopic (exact) mass is 286 g/mol. The first kappa shape index (κ1) is 18.9. The van der Waals surface area contributed by atoms with Gasteiger partial charge < -0.3 is 10.2 Å². The van der Waals surface area contributed by atoms with Gasteiger partial charge in [-0.3, -0.25) is 9.59 Å². The molecule has 4 heteroatoms. The number of amides is 2. The van der Waals surface area contributed by atoms with Crippen LogP contribution in [0.4, 0.5) is 0 Å². The van der Waals surface area contributed by atoms with Crippen molar-refractivity contribution in [2.24, 2.45) is 11.8 Å². The summed E-state index contributed by atoms with van der Waals surface area (Å²) >= 11 is 0. The highest BCUT2D eigenvalue weighted by Gasteiger charge is 2.14. The lowest BCUT2D eigenvalue weighted by molar-refractivity contribution is -0.132. The number of nitrogens with one attached hydrogen (secondary N) is 1. The molecule has 0 radical (unpaired) electrons. The Morgan fingerprint density at radius 2 is 1.65 bits per heavy atom. The summed E-state index contributed by atoms with van der Waals surface area (Å²) < 4.78 is 0. The third-order valence-electron chi connectivity index (χ3n) is 3.01. The molecule has 120 valence electrons. The van der Waals surface area contributed by atoms with Crippen molar-refractivity contribution in [1.82, 2.24) is 10.2 Å². The summed E-state index contributed by atoms with van der Waals surface area (Å²) in [5, 5.41) is 2.90. The fraction of sp³-hybridized carbons (Fsp3) is 0.875. The van der Waals surface area contributed by atoms with Gasteiger partial charge in [-0.2, -0.15) is 0 Å². The summed E-state index contributed by atoms with van der Waals surface area (Å²) in [6.07, 6.45) is 3.23. The van der Waals surface area contributed by atoms with Crippen molar-refractivity contribution in [3.63, 3.8) is 0 Å². The van der Waals surface area contributed by atoms with Crippen LogP contribution in [0.2, 0.25) is 0 Å². The smallest absolute Gasteiger partial charge is 0.222 e. The molecule has 0 heterocycles. The van der Waals surface area contributed by atoms with Crippen LogP contribution in [0.5, 0.6) is 0 Å². The molecule has 0 unspecified atom stereocenters. The molecular formula is C16H34N2O2. The van der Waals surface area contributed by atoms with Gasteiger partial charge in [0.25, 0.3) is 0 Å². The summed E-state index contributed by atoms with van der Waals surface area (Å²) in [6, 6.07) is 0. The van der Waals surface area contributed by atoms with Gasteiger partial charge in [-0.05, 0) is 18.3 Å². The van der Waals surface area contributed by atoms with E-state index in [0.717, 1.165) is 19.4 Å². The van der Waals surface area contributed by atoms with Crippen LogP contribution >= 0.6 is 0 Å². The molecule has 0 saturated heterocycles. The zero-order valence-electron chi connectivity index (χ0n) is 13.9. The van der Waals surface area contributed by atoms with E-state index in [9.17, 15) is 9.59 Å². The molecule has 0 spiro atoms. The van der Waals surface area contributed by atoms with Crippen molar-refractivity contribution in [3.8, 4) is 0 Å². The second kappa shape index (κ2) is 10.7. The summed E-state index contributed by atoms with van der Waals surface area (Å²) in [6.45, 7) is 12.3. The van der Waals surface area contributed by atoms with Gasteiger partial charge in [0.15, 0.2) is 0 Å². The number of hydrogen-bond donors (Lipinski definition) is 1. The number of nitrogens with zero attached hydrogens (tertiary/aromatic N) is 1. The summed E-state index contributed by atoms with van der Waals surface area (Å²) in [4.78, 5) is 25.6. The Hall–Kier alpha value is -1.06. The molecule has 1 N–H and O–H groups in total. The van der Waals surface area contributed by atoms with Gasteiger partial charge in [0, 0.05) is 33.9 Å². The summed E-state index contributed by atoms with van der Waals surface area (Å²) in [7, 11) is 0. The quantitative estimate of drug-likeness (QED) is 0.671. The molecule has 0 aromatic rings. The maximum Gasteiger partial charge on any atom is 0.222 e. The highest BCUT2D eigenvalue weighted by molar-refractivity contribution is 5.77. The Balaban J connectivity index is 0. The minimum Gasteiger partial charge on any atom is -0.354 e. The molecule has 0 bridgehead atoms. The highest BCUT2D eigenvalue weighted by atomic mass is 16.2. The molecule has 2 amide bonds. The Bertz CT molecular complexity index is 294. The van der Waals surface area contributed by atoms with Gasteiger partial charge in [-0.15, -0.1) is 0 Å². The molecule has 0 aromatic heterocycles. The van der Waals surface area contributed by atoms with Crippen molar-refractivity contribution in [1.29, 1.82) is 0 Å². The van der Waals surface area contributed by atoms with E-state index in [4.69, 9.17) is 0 Å². The average molecular weight is 286 g/mol. The molecule has 0 fully saturated rings. The Morgan fingerprint density at radius 3 is 2.15 bits per heavy atom. The van der Waals surface area contributed by atoms with Crippen molar-refractivity contribution >= 4 is 11.8 Å². The molecule has 0 aliphatic rings. The largest absolute Gasteiger partial charge is 0.354 e. The van der Waals surface area contributed by atoms with E-state index < -0.39 is 0 Å². The molecule has 0 aromatic carbocycles. The van der Waals surface area contributed by atoms with Crippen LogP contribution in [-0.2, 0) is 9.59 Å². The number of carbonyl (C=O) groups is 2. The third kappa shape index (κ3) is 9.82. The minimum absolute atomic E-state index is 0. The topological polar surface area (TPSA) is 49.4 Å². The van der Waals surface area contributed by atoms with Gasteiger partial charge in [-0.1, -0.05) is 41.0 Å². The lowest BCUT2D eigenvalue weighted by Crippen LogP contribution is -2.39. The van der Waals surface area contributed by atoms with E-state index in [1.165, 1.54) is 0 Å². The first-order chi connectivity index (χ1) is 9.36. The fourth-order valence-electron chi connectivity index (χ4n) is 1.96. The lowest BCUT2D eigenvalue weighted by Gasteiger charge is -2.23. The molecule has 20 heavy (non-hydrogen) atoms. The van der Waals surface area contributed by atoms with Crippen molar-refractivity contribution < 1.29 is 11.0 Å². The molecule has 0 rings (SSSR count). The molecule has 4 nitrogen and oxygen atoms in total. The van der Waals surface area contributed by atoms with Crippen LogP contribution in [0.1, 0.15) is 61.7 Å². The van der Waals surface area contributed by atoms with Crippen LogP contribution < -0.4 is 5.32 Å². The zero-order chi connectivity index (χ0) is 15.5. The number of unbranched alkanes of at least 4 members (excludes halogenated alkanes) is 1. The van der Waals surface area contributed by atoms with Crippen molar-refractivity contribution in [2.75, 3.05) is 19.6 Å². The molecule has 0 aliphatic carbocycles. The van der Waals surface area contributed by atoms with E-state index >= 15 is 0 Å². The van der Waals surface area contributed by atoms with Gasteiger partial charge in [0.2, 0.25) is 11.8 Å². The predicted octanol–water partition coefficient (Wildman–Crippen LogP) is 3.07. The lowest BCUT2D eigenvalue weighted by atomic mass is 10.1. The van der Waals surface area contributed by atoms with E-state index in [-0.39, 0.29) is 13.2 Å². The summed E-state index contributed by atoms with van der Waals surface area (Å²) in [5.41, 5.74) is 0. The number of carbonyl (C=O) groups excluding carboxylic acids is 2. The van der Waals surface area contributed by atoms with Crippen molar-refractivity contribution in [3.05, 3.63) is 0 Å². The zero-order valence-corrected chi connectivity index (χ0v) is 13.9. The van der Waals surface area contributed by atoms with Gasteiger partial charge in [0.1, 0.15) is 0 Å². The second-order valence-electron chi connectivity index (χ2n) is 6.28. The van der Waals surface area contributed by atoms with Crippen LogP contribution in [0.15, 0.2) is 0 Å². The van der Waals surface area contributed by atoms with Gasteiger partial charge in [0.05, 0.1) is 0 Å². The number of hydrogen-bond acceptors (Lipinski definition) is 2. The van der Waals surface area contributed by atoms with E-state index in [1.54, 1.807) is 0 Å². The van der Waals surface area contributed by atoms with E-state index in [1.807, 2.05) is 18.7 Å². The standard InChI is InChI=1S/C16H32N2O2.H2/c1-6-7-9-18(16(20)12-14(4)5)10-8-17-15(19)11-13(2)3;/h13-14H,6-12H2,1-5H3,(H,17,19);1H. The number of rotatable bonds is 10. The first-order valence-electron chi connectivity index (χ1n) is 7.91. The first-order valence-corrected chi connectivity index (χ1v) is 7.91. The summed E-state index contributed by atoms with van der Waals surface area (Å²) in [5.74, 6) is 1.02. The van der Waals surface area contributed by atoms with E-state index in [2.05, 4.69) is 26.1 Å². The maximum atomic E-state index is 12.1. The fourth-order valence-corrected chi connectivity index (χ4v) is 1.96. The Labute approximate surface area is 125 Å². The molecule has 0 saturated carbocycles. The van der Waals surface area contributed by atoms with Gasteiger partial charge >= 0.3 is 0 Å². The highest BCUT2D eigenvalue weighted by Crippen LogP contribution is 2.05. The maximum absolute atomic E-state index is 12.1. The van der Waals surface area contributed by atoms with Crippen LogP contribution in [0, 0.1) is 11.8 Å². The third-order valence-corrected chi connectivity index (χ3v) is 3.01. The Kier molecular flexibility index (Phi) is 10.1. The van der Waals surface area contributed by atoms with Crippen LogP contribution in [0.25, 0.3) is 0 Å². The molecule has 0 aliphatic heterocycles. The second-order valence-corrected chi connectivity index (χ2v) is 6.28. The Morgan fingerprint density at radius 1 is 1.05 bits per heavy atom. The normalized spacial score (nSPS) is 10.9. The minimum atomic E-state index is 0. The van der Waals surface area contributed by atoms with Crippen molar-refractivity contribution in [2.45, 2.75) is 60.3 Å².